The van der Waals surface area contributed by atoms with Crippen LogP contribution in [0.2, 0.25) is 0 Å². The van der Waals surface area contributed by atoms with Gasteiger partial charge in [0, 0.05) is 0 Å². The van der Waals surface area contributed by atoms with Crippen LogP contribution in [0.25, 0.3) is 11.1 Å². The molecule has 0 nitrogen and oxygen atoms in total. The van der Waals surface area contributed by atoms with Gasteiger partial charge in [-0.2, -0.15) is 12.2 Å². The van der Waals surface area contributed by atoms with Gasteiger partial charge in [-0.05, 0) is 11.1 Å². The summed E-state index contributed by atoms with van der Waals surface area (Å²) in [6.45, 7) is 4.44. The van der Waals surface area contributed by atoms with Gasteiger partial charge < -0.3 is 0 Å². The second kappa shape index (κ2) is 17.8. The number of unbranched alkanes of at least 4 members (excludes halogenated alkanes) is 2. The summed E-state index contributed by atoms with van der Waals surface area (Å²) in [5.74, 6) is 0. The van der Waals surface area contributed by atoms with E-state index in [0.717, 1.165) is 12.8 Å². The summed E-state index contributed by atoms with van der Waals surface area (Å²) >= 11 is 0. The number of allylic oxidation sites excluding steroid dienone is 8. The maximum atomic E-state index is 3.30. The third-order valence-corrected chi connectivity index (χ3v) is 5.01. The molecule has 0 bridgehead atoms. The van der Waals surface area contributed by atoms with E-state index in [1.54, 1.807) is 0 Å². The zero-order valence-electron chi connectivity index (χ0n) is 19.2. The number of rotatable bonds is 7. The molecule has 0 saturated heterocycles. The topological polar surface area (TPSA) is 0 Å². The monoisotopic (exact) mass is 444 g/mol. The van der Waals surface area contributed by atoms with Crippen LogP contribution in [0.4, 0.5) is 0 Å². The molecule has 0 amide bonds. The van der Waals surface area contributed by atoms with Crippen molar-refractivity contribution in [3.05, 3.63) is 108 Å². The van der Waals surface area contributed by atoms with Crippen LogP contribution in [0.1, 0.15) is 65.2 Å². The summed E-state index contributed by atoms with van der Waals surface area (Å²) in [5, 5.41) is 0. The standard InChI is InChI=1S/C12H10.2C9H13.Ti/c1-3-7-11(8-4-1)12-9-5-2-6-10-12;2*1-2-3-6-9-7-4-5-8-9;/h1-10H;2*4,7H,2-3,5-6H2,1H3;/q;2*-1;+2. The summed E-state index contributed by atoms with van der Waals surface area (Å²) in [6, 6.07) is 20.8. The van der Waals surface area contributed by atoms with Gasteiger partial charge in [0.05, 0.1) is 0 Å². The Hall–Kier alpha value is -1.89. The fourth-order valence-corrected chi connectivity index (χ4v) is 3.24. The zero-order chi connectivity index (χ0) is 21.3. The normalized spacial score (nSPS) is 13.2. The third-order valence-electron chi connectivity index (χ3n) is 5.01. The molecule has 0 aromatic heterocycles. The molecule has 0 N–H and O–H groups in total. The van der Waals surface area contributed by atoms with Crippen molar-refractivity contribution < 1.29 is 21.7 Å². The molecule has 0 unspecified atom stereocenters. The largest absolute Gasteiger partial charge is 2.00 e. The maximum Gasteiger partial charge on any atom is 2.00 e. The zero-order valence-corrected chi connectivity index (χ0v) is 20.8. The molecular formula is C30H36Ti. The maximum absolute atomic E-state index is 3.30. The van der Waals surface area contributed by atoms with Crippen molar-refractivity contribution in [2.24, 2.45) is 0 Å². The van der Waals surface area contributed by atoms with E-state index in [-0.39, 0.29) is 21.7 Å². The summed E-state index contributed by atoms with van der Waals surface area (Å²) in [7, 11) is 0. The first-order valence-electron chi connectivity index (χ1n) is 11.5. The Kier molecular flexibility index (Phi) is 15.6. The Labute approximate surface area is 205 Å². The second-order valence-corrected chi connectivity index (χ2v) is 7.56. The SMILES string of the molecule is CCCCC1=[C-]CC=C1.CCCCC1=[C-]CC=C1.[Ti+2].c1ccc(-c2ccccc2)cc1. The van der Waals surface area contributed by atoms with Crippen molar-refractivity contribution >= 4 is 0 Å². The molecule has 2 aromatic carbocycles. The van der Waals surface area contributed by atoms with Crippen LogP contribution >= 0.6 is 0 Å². The van der Waals surface area contributed by atoms with Gasteiger partial charge in [0.25, 0.3) is 0 Å². The average molecular weight is 444 g/mol. The van der Waals surface area contributed by atoms with Crippen molar-refractivity contribution in [2.75, 3.05) is 0 Å². The molecule has 1 heteroatoms. The fourth-order valence-electron chi connectivity index (χ4n) is 3.24. The minimum absolute atomic E-state index is 0. The molecule has 2 aliphatic rings. The van der Waals surface area contributed by atoms with Crippen LogP contribution in [0.5, 0.6) is 0 Å². The predicted octanol–water partition coefficient (Wildman–Crippen LogP) is 9.08. The first-order valence-corrected chi connectivity index (χ1v) is 11.5. The Balaban J connectivity index is 0.000000233. The predicted molar refractivity (Wildman–Crippen MR) is 132 cm³/mol. The van der Waals surface area contributed by atoms with E-state index in [2.05, 4.69) is 98.8 Å². The molecular weight excluding hydrogens is 408 g/mol. The van der Waals surface area contributed by atoms with E-state index in [4.69, 9.17) is 0 Å². The van der Waals surface area contributed by atoms with Crippen LogP contribution < -0.4 is 0 Å². The first kappa shape index (κ1) is 27.1. The molecule has 0 aliphatic heterocycles. The molecule has 4 rings (SSSR count). The number of benzene rings is 2. The fraction of sp³-hybridized carbons (Fsp3) is 0.333. The Morgan fingerprint density at radius 2 is 1.00 bits per heavy atom. The minimum Gasteiger partial charge on any atom is -0.269 e. The Morgan fingerprint density at radius 1 is 0.613 bits per heavy atom. The van der Waals surface area contributed by atoms with Crippen molar-refractivity contribution in [1.29, 1.82) is 0 Å². The second-order valence-electron chi connectivity index (χ2n) is 7.56. The molecule has 0 atom stereocenters. The smallest absolute Gasteiger partial charge is 0.269 e. The van der Waals surface area contributed by atoms with E-state index in [1.165, 1.54) is 60.8 Å². The summed E-state index contributed by atoms with van der Waals surface area (Å²) in [5.41, 5.74) is 5.38. The van der Waals surface area contributed by atoms with Gasteiger partial charge in [0.2, 0.25) is 0 Å². The van der Waals surface area contributed by atoms with Gasteiger partial charge in [-0.15, -0.1) is 12.8 Å². The van der Waals surface area contributed by atoms with Crippen LogP contribution in [0.15, 0.2) is 96.1 Å². The molecule has 0 saturated carbocycles. The van der Waals surface area contributed by atoms with Gasteiger partial charge in [0.1, 0.15) is 0 Å². The minimum atomic E-state index is 0. The molecule has 0 heterocycles. The molecule has 31 heavy (non-hydrogen) atoms. The van der Waals surface area contributed by atoms with Crippen molar-refractivity contribution in [1.82, 2.24) is 0 Å². The molecule has 0 spiro atoms. The first-order chi connectivity index (χ1) is 14.8. The average Bonchev–Trinajstić information content (AvgIpc) is 3.53. The molecule has 2 aromatic rings. The summed E-state index contributed by atoms with van der Waals surface area (Å²) in [6.07, 6.45) is 25.1. The van der Waals surface area contributed by atoms with E-state index < -0.39 is 0 Å². The van der Waals surface area contributed by atoms with Crippen LogP contribution in [0, 0.1) is 12.2 Å². The quantitative estimate of drug-likeness (QED) is 0.295. The number of hydrogen-bond donors (Lipinski definition) is 0. The van der Waals surface area contributed by atoms with Crippen molar-refractivity contribution in [3.63, 3.8) is 0 Å². The van der Waals surface area contributed by atoms with Gasteiger partial charge >= 0.3 is 21.7 Å². The third kappa shape index (κ3) is 11.9. The molecule has 0 radical (unpaired) electrons. The van der Waals surface area contributed by atoms with Crippen LogP contribution in [0.3, 0.4) is 0 Å². The molecule has 160 valence electrons. The van der Waals surface area contributed by atoms with E-state index >= 15 is 0 Å². The van der Waals surface area contributed by atoms with Gasteiger partial charge in [-0.3, -0.25) is 12.2 Å². The molecule has 0 fully saturated rings. The van der Waals surface area contributed by atoms with Gasteiger partial charge in [-0.25, -0.2) is 23.3 Å². The van der Waals surface area contributed by atoms with E-state index in [0.29, 0.717) is 0 Å². The van der Waals surface area contributed by atoms with Gasteiger partial charge in [-0.1, -0.05) is 113 Å². The van der Waals surface area contributed by atoms with Gasteiger partial charge in [0.15, 0.2) is 0 Å². The Morgan fingerprint density at radius 3 is 1.29 bits per heavy atom. The summed E-state index contributed by atoms with van der Waals surface area (Å²) < 4.78 is 0. The molecule has 2 aliphatic carbocycles. The van der Waals surface area contributed by atoms with Crippen molar-refractivity contribution in [3.8, 4) is 11.1 Å². The van der Waals surface area contributed by atoms with Crippen LogP contribution in [-0.2, 0) is 21.7 Å². The van der Waals surface area contributed by atoms with Crippen LogP contribution in [-0.4, -0.2) is 0 Å². The van der Waals surface area contributed by atoms with E-state index in [1.807, 2.05) is 12.1 Å². The number of hydrogen-bond acceptors (Lipinski definition) is 0. The Bertz CT molecular complexity index is 739. The summed E-state index contributed by atoms with van der Waals surface area (Å²) in [4.78, 5) is 0. The van der Waals surface area contributed by atoms with E-state index in [9.17, 15) is 0 Å². The van der Waals surface area contributed by atoms with Crippen molar-refractivity contribution in [2.45, 2.75) is 65.2 Å².